The smallest absolute Gasteiger partial charge is 0.184 e. The van der Waals surface area contributed by atoms with Crippen molar-refractivity contribution in [3.63, 3.8) is 0 Å². The Balaban J connectivity index is 3.04. The van der Waals surface area contributed by atoms with Gasteiger partial charge in [-0.3, -0.25) is 5.43 Å². The lowest BCUT2D eigenvalue weighted by molar-refractivity contribution is 0.473. The van der Waals surface area contributed by atoms with E-state index in [1.807, 2.05) is 26.0 Å². The molecule has 0 saturated carbocycles. The third-order valence-electron chi connectivity index (χ3n) is 2.10. The summed E-state index contributed by atoms with van der Waals surface area (Å²) in [6.07, 6.45) is 0.673. The van der Waals surface area contributed by atoms with Crippen LogP contribution in [0.25, 0.3) is 0 Å². The zero-order valence-electron chi connectivity index (χ0n) is 9.32. The lowest BCUT2D eigenvalue weighted by Gasteiger charge is -2.07. The van der Waals surface area contributed by atoms with Crippen LogP contribution in [0.5, 0.6) is 5.75 Å². The Morgan fingerprint density at radius 1 is 1.56 bits per heavy atom. The number of hydrazone groups is 1. The average molecular weight is 237 g/mol. The van der Waals surface area contributed by atoms with Crippen molar-refractivity contribution >= 4 is 23.0 Å². The van der Waals surface area contributed by atoms with Gasteiger partial charge in [0.05, 0.1) is 5.71 Å². The molecule has 0 aromatic heterocycles. The molecular weight excluding hydrogens is 222 g/mol. The topological polar surface area (TPSA) is 70.6 Å². The van der Waals surface area contributed by atoms with Crippen LogP contribution in [0.1, 0.15) is 24.5 Å². The monoisotopic (exact) mass is 237 g/mol. The number of nitrogens with one attached hydrogen (secondary N) is 1. The number of thiocarbonyl (C=S) groups is 1. The molecule has 0 saturated heterocycles. The maximum absolute atomic E-state index is 9.79. The van der Waals surface area contributed by atoms with Crippen molar-refractivity contribution in [3.05, 3.63) is 29.3 Å². The van der Waals surface area contributed by atoms with Crippen LogP contribution in [0.15, 0.2) is 23.3 Å². The van der Waals surface area contributed by atoms with Crippen LogP contribution in [0.2, 0.25) is 0 Å². The molecule has 0 aliphatic rings. The molecule has 16 heavy (non-hydrogen) atoms. The van der Waals surface area contributed by atoms with E-state index in [-0.39, 0.29) is 10.9 Å². The summed E-state index contributed by atoms with van der Waals surface area (Å²) < 4.78 is 0. The number of phenols is 1. The standard InChI is InChI=1S/C11H15N3OS/c1-3-9(13-14-11(12)16)8-5-4-7(2)6-10(8)15/h4-6,15H,3H2,1-2H3,(H3,12,14,16). The summed E-state index contributed by atoms with van der Waals surface area (Å²) in [5.41, 5.74) is 10.2. The normalized spacial score (nSPS) is 11.2. The number of nitrogens with zero attached hydrogens (tertiary/aromatic N) is 1. The van der Waals surface area contributed by atoms with Gasteiger partial charge in [0.1, 0.15) is 5.75 Å². The minimum Gasteiger partial charge on any atom is -0.507 e. The summed E-state index contributed by atoms with van der Waals surface area (Å²) in [5, 5.41) is 13.9. The van der Waals surface area contributed by atoms with E-state index in [0.717, 1.165) is 5.56 Å². The van der Waals surface area contributed by atoms with Crippen molar-refractivity contribution in [2.24, 2.45) is 10.8 Å². The summed E-state index contributed by atoms with van der Waals surface area (Å²) >= 11 is 4.66. The van der Waals surface area contributed by atoms with Crippen molar-refractivity contribution in [3.8, 4) is 5.75 Å². The van der Waals surface area contributed by atoms with Gasteiger partial charge in [0.15, 0.2) is 5.11 Å². The fourth-order valence-electron chi connectivity index (χ4n) is 1.34. The summed E-state index contributed by atoms with van der Waals surface area (Å²) in [6.45, 7) is 3.86. The maximum atomic E-state index is 9.79. The number of hydrogen-bond acceptors (Lipinski definition) is 3. The van der Waals surface area contributed by atoms with Crippen molar-refractivity contribution in [2.75, 3.05) is 0 Å². The molecule has 0 heterocycles. The molecule has 0 spiro atoms. The highest BCUT2D eigenvalue weighted by Crippen LogP contribution is 2.20. The second-order valence-electron chi connectivity index (χ2n) is 3.41. The zero-order valence-corrected chi connectivity index (χ0v) is 10.1. The fraction of sp³-hybridized carbons (Fsp3) is 0.273. The average Bonchev–Trinajstić information content (AvgIpc) is 2.21. The Hall–Kier alpha value is -1.62. The number of rotatable bonds is 3. The van der Waals surface area contributed by atoms with E-state index in [1.165, 1.54) is 0 Å². The first-order chi connectivity index (χ1) is 7.54. The Labute approximate surface area is 100 Å². The lowest BCUT2D eigenvalue weighted by Crippen LogP contribution is -2.25. The highest BCUT2D eigenvalue weighted by molar-refractivity contribution is 7.80. The Kier molecular flexibility index (Phi) is 4.25. The van der Waals surface area contributed by atoms with E-state index in [2.05, 4.69) is 22.7 Å². The Morgan fingerprint density at radius 2 is 2.25 bits per heavy atom. The molecule has 0 bridgehead atoms. The lowest BCUT2D eigenvalue weighted by atomic mass is 10.1. The highest BCUT2D eigenvalue weighted by atomic mass is 32.1. The molecule has 1 rings (SSSR count). The molecule has 0 atom stereocenters. The van der Waals surface area contributed by atoms with Gasteiger partial charge in [0.2, 0.25) is 0 Å². The van der Waals surface area contributed by atoms with Gasteiger partial charge in [0, 0.05) is 5.56 Å². The van der Waals surface area contributed by atoms with Crippen LogP contribution in [0.3, 0.4) is 0 Å². The fourth-order valence-corrected chi connectivity index (χ4v) is 1.38. The van der Waals surface area contributed by atoms with Gasteiger partial charge in [-0.15, -0.1) is 0 Å². The number of hydrogen-bond donors (Lipinski definition) is 3. The molecule has 0 fully saturated rings. The molecule has 0 amide bonds. The number of phenolic OH excluding ortho intramolecular Hbond substituents is 1. The number of aryl methyl sites for hydroxylation is 1. The largest absolute Gasteiger partial charge is 0.507 e. The van der Waals surface area contributed by atoms with Gasteiger partial charge in [-0.05, 0) is 43.3 Å². The van der Waals surface area contributed by atoms with Crippen molar-refractivity contribution in [1.29, 1.82) is 0 Å². The molecule has 5 heteroatoms. The first kappa shape index (κ1) is 12.4. The SMILES string of the molecule is CCC(=NNC(N)=S)c1ccc(C)cc1O. The number of nitrogens with two attached hydrogens (primary N) is 1. The third kappa shape index (κ3) is 3.20. The van der Waals surface area contributed by atoms with Crippen LogP contribution in [0, 0.1) is 6.92 Å². The van der Waals surface area contributed by atoms with Crippen LogP contribution < -0.4 is 11.2 Å². The van der Waals surface area contributed by atoms with E-state index in [1.54, 1.807) is 6.07 Å². The van der Waals surface area contributed by atoms with Crippen LogP contribution in [0.4, 0.5) is 0 Å². The Morgan fingerprint density at radius 3 is 2.75 bits per heavy atom. The van der Waals surface area contributed by atoms with Crippen LogP contribution in [-0.4, -0.2) is 15.9 Å². The van der Waals surface area contributed by atoms with E-state index < -0.39 is 0 Å². The Bertz CT molecular complexity index is 429. The zero-order chi connectivity index (χ0) is 12.1. The maximum Gasteiger partial charge on any atom is 0.184 e. The number of aromatic hydroxyl groups is 1. The van der Waals surface area contributed by atoms with Gasteiger partial charge >= 0.3 is 0 Å². The summed E-state index contributed by atoms with van der Waals surface area (Å²) in [4.78, 5) is 0. The van der Waals surface area contributed by atoms with Gasteiger partial charge < -0.3 is 10.8 Å². The van der Waals surface area contributed by atoms with Crippen molar-refractivity contribution in [2.45, 2.75) is 20.3 Å². The molecule has 1 aromatic carbocycles. The summed E-state index contributed by atoms with van der Waals surface area (Å²) in [5.74, 6) is 0.213. The molecule has 0 radical (unpaired) electrons. The van der Waals surface area contributed by atoms with E-state index >= 15 is 0 Å². The molecule has 0 unspecified atom stereocenters. The first-order valence-electron chi connectivity index (χ1n) is 4.96. The van der Waals surface area contributed by atoms with Crippen LogP contribution >= 0.6 is 12.2 Å². The van der Waals surface area contributed by atoms with E-state index in [9.17, 15) is 5.11 Å². The molecule has 0 aliphatic carbocycles. The predicted molar refractivity (Wildman–Crippen MR) is 69.6 cm³/mol. The summed E-state index contributed by atoms with van der Waals surface area (Å²) in [6, 6.07) is 5.44. The minimum absolute atomic E-state index is 0.109. The first-order valence-corrected chi connectivity index (χ1v) is 5.37. The second kappa shape index (κ2) is 5.46. The molecule has 1 aromatic rings. The van der Waals surface area contributed by atoms with Gasteiger partial charge in [-0.2, -0.15) is 5.10 Å². The van der Waals surface area contributed by atoms with Gasteiger partial charge in [-0.25, -0.2) is 0 Å². The van der Waals surface area contributed by atoms with Gasteiger partial charge in [0.25, 0.3) is 0 Å². The highest BCUT2D eigenvalue weighted by Gasteiger charge is 2.07. The third-order valence-corrected chi connectivity index (χ3v) is 2.19. The predicted octanol–water partition coefficient (Wildman–Crippen LogP) is 1.65. The van der Waals surface area contributed by atoms with E-state index in [4.69, 9.17) is 5.73 Å². The van der Waals surface area contributed by atoms with Crippen molar-refractivity contribution in [1.82, 2.24) is 5.43 Å². The molecule has 86 valence electrons. The minimum atomic E-state index is 0.109. The second-order valence-corrected chi connectivity index (χ2v) is 3.85. The quantitative estimate of drug-likeness (QED) is 0.425. The molecule has 4 nitrogen and oxygen atoms in total. The molecule has 4 N–H and O–H groups in total. The molecular formula is C11H15N3OS. The number of benzene rings is 1. The van der Waals surface area contributed by atoms with E-state index in [0.29, 0.717) is 17.7 Å². The van der Waals surface area contributed by atoms with Crippen LogP contribution in [-0.2, 0) is 0 Å². The van der Waals surface area contributed by atoms with Gasteiger partial charge in [-0.1, -0.05) is 13.0 Å². The molecule has 0 aliphatic heterocycles. The van der Waals surface area contributed by atoms with Crippen molar-refractivity contribution < 1.29 is 5.11 Å². The summed E-state index contributed by atoms with van der Waals surface area (Å²) in [7, 11) is 0.